The van der Waals surface area contributed by atoms with Crippen LogP contribution in [0.5, 0.6) is 5.75 Å². The number of piperazine rings is 1. The van der Waals surface area contributed by atoms with Crippen LogP contribution < -0.4 is 4.74 Å². The van der Waals surface area contributed by atoms with Gasteiger partial charge in [0.2, 0.25) is 17.6 Å². The summed E-state index contributed by atoms with van der Waals surface area (Å²) in [5, 5.41) is 8.04. The number of carbonyl (C=O) groups excluding carboxylic acids is 1. The lowest BCUT2D eigenvalue weighted by Gasteiger charge is -2.34. The molecule has 1 saturated heterocycles. The number of hydrogen-bond donors (Lipinski definition) is 0. The molecule has 28 heavy (non-hydrogen) atoms. The van der Waals surface area contributed by atoms with Gasteiger partial charge in [-0.3, -0.25) is 9.69 Å². The summed E-state index contributed by atoms with van der Waals surface area (Å²) in [6.07, 6.45) is 0.394. The van der Waals surface area contributed by atoms with Crippen molar-refractivity contribution in [3.63, 3.8) is 0 Å². The highest BCUT2D eigenvalue weighted by Crippen LogP contribution is 2.19. The molecule has 1 fully saturated rings. The average molecular weight is 398 g/mol. The maximum atomic E-state index is 12.6. The summed E-state index contributed by atoms with van der Waals surface area (Å²) in [6, 6.07) is 9.64. The Morgan fingerprint density at radius 3 is 2.86 bits per heavy atom. The van der Waals surface area contributed by atoms with Gasteiger partial charge in [0.05, 0.1) is 20.1 Å². The Morgan fingerprint density at radius 2 is 2.11 bits per heavy atom. The molecule has 0 unspecified atom stereocenters. The van der Waals surface area contributed by atoms with Gasteiger partial charge in [0.1, 0.15) is 5.75 Å². The van der Waals surface area contributed by atoms with Crippen molar-refractivity contribution in [2.75, 3.05) is 33.3 Å². The van der Waals surface area contributed by atoms with Gasteiger partial charge in [-0.05, 0) is 29.1 Å². The summed E-state index contributed by atoms with van der Waals surface area (Å²) < 4.78 is 10.6. The van der Waals surface area contributed by atoms with E-state index >= 15 is 0 Å². The summed E-state index contributed by atoms with van der Waals surface area (Å²) in [6.45, 7) is 3.59. The molecule has 1 aliphatic rings. The fourth-order valence-corrected chi connectivity index (χ4v) is 3.88. The van der Waals surface area contributed by atoms with E-state index < -0.39 is 0 Å². The normalized spacial score (nSPS) is 15.0. The van der Waals surface area contributed by atoms with Gasteiger partial charge in [-0.2, -0.15) is 16.3 Å². The van der Waals surface area contributed by atoms with Crippen LogP contribution in [0.1, 0.15) is 11.5 Å². The second kappa shape index (κ2) is 8.53. The molecule has 0 N–H and O–H groups in total. The number of rotatable bonds is 6. The molecular formula is C20H22N4O3S. The highest BCUT2D eigenvalue weighted by Gasteiger charge is 2.23. The van der Waals surface area contributed by atoms with E-state index in [-0.39, 0.29) is 5.91 Å². The number of carbonyl (C=O) groups is 1. The molecule has 1 aliphatic heterocycles. The van der Waals surface area contributed by atoms with Gasteiger partial charge >= 0.3 is 0 Å². The van der Waals surface area contributed by atoms with Crippen LogP contribution in [0.4, 0.5) is 0 Å². The number of ether oxygens (including phenoxy) is 1. The lowest BCUT2D eigenvalue weighted by atomic mass is 10.1. The van der Waals surface area contributed by atoms with E-state index in [0.29, 0.717) is 37.8 Å². The Bertz CT molecular complexity index is 917. The molecule has 0 atom stereocenters. The van der Waals surface area contributed by atoms with Crippen LogP contribution in [-0.4, -0.2) is 59.1 Å². The third kappa shape index (κ3) is 4.40. The minimum Gasteiger partial charge on any atom is -0.497 e. The number of amides is 1. The first-order valence-corrected chi connectivity index (χ1v) is 10.1. The van der Waals surface area contributed by atoms with Crippen LogP contribution in [0.25, 0.3) is 11.4 Å². The predicted octanol–water partition coefficient (Wildman–Crippen LogP) is 2.69. The zero-order valence-corrected chi connectivity index (χ0v) is 16.5. The van der Waals surface area contributed by atoms with Crippen molar-refractivity contribution in [2.24, 2.45) is 0 Å². The molecular weight excluding hydrogens is 376 g/mol. The van der Waals surface area contributed by atoms with Crippen molar-refractivity contribution in [3.8, 4) is 17.1 Å². The predicted molar refractivity (Wildman–Crippen MR) is 106 cm³/mol. The number of hydrogen-bond acceptors (Lipinski definition) is 7. The zero-order valence-electron chi connectivity index (χ0n) is 15.7. The van der Waals surface area contributed by atoms with Crippen molar-refractivity contribution < 1.29 is 14.1 Å². The van der Waals surface area contributed by atoms with Crippen LogP contribution in [0, 0.1) is 0 Å². The van der Waals surface area contributed by atoms with Gasteiger partial charge in [0.15, 0.2) is 0 Å². The molecule has 0 aliphatic carbocycles. The maximum absolute atomic E-state index is 12.6. The van der Waals surface area contributed by atoms with Crippen molar-refractivity contribution in [2.45, 2.75) is 13.0 Å². The molecule has 8 heteroatoms. The van der Waals surface area contributed by atoms with Gasteiger partial charge in [-0.15, -0.1) is 0 Å². The third-order valence-corrected chi connectivity index (χ3v) is 5.50. The largest absolute Gasteiger partial charge is 0.497 e. The standard InChI is InChI=1S/C20H22N4O3S/c1-26-17-4-2-3-15(11-17)12-19(25)24-8-6-23(7-9-24)13-18-21-20(22-27-18)16-5-10-28-14-16/h2-5,10-11,14H,6-9,12-13H2,1H3. The molecule has 1 aromatic carbocycles. The monoisotopic (exact) mass is 398 g/mol. The Balaban J connectivity index is 1.28. The minimum absolute atomic E-state index is 0.144. The molecule has 7 nitrogen and oxygen atoms in total. The van der Waals surface area contributed by atoms with E-state index in [9.17, 15) is 4.79 Å². The lowest BCUT2D eigenvalue weighted by Crippen LogP contribution is -2.48. The van der Waals surface area contributed by atoms with Crippen LogP contribution >= 0.6 is 11.3 Å². The van der Waals surface area contributed by atoms with Gasteiger partial charge < -0.3 is 14.2 Å². The smallest absolute Gasteiger partial charge is 0.241 e. The van der Waals surface area contributed by atoms with Crippen LogP contribution in [0.15, 0.2) is 45.6 Å². The number of methoxy groups -OCH3 is 1. The van der Waals surface area contributed by atoms with Crippen molar-refractivity contribution in [1.82, 2.24) is 19.9 Å². The van der Waals surface area contributed by atoms with Crippen LogP contribution in [-0.2, 0) is 17.8 Å². The van der Waals surface area contributed by atoms with Gasteiger partial charge in [0, 0.05) is 37.1 Å². The molecule has 4 rings (SSSR count). The van der Waals surface area contributed by atoms with Crippen LogP contribution in [0.3, 0.4) is 0 Å². The van der Waals surface area contributed by atoms with Crippen LogP contribution in [0.2, 0.25) is 0 Å². The molecule has 0 spiro atoms. The van der Waals surface area contributed by atoms with E-state index in [1.165, 1.54) is 0 Å². The van der Waals surface area contributed by atoms with E-state index in [0.717, 1.165) is 30.0 Å². The highest BCUT2D eigenvalue weighted by atomic mass is 32.1. The first-order valence-electron chi connectivity index (χ1n) is 9.19. The first kappa shape index (κ1) is 18.6. The van der Waals surface area contributed by atoms with E-state index in [4.69, 9.17) is 9.26 Å². The van der Waals surface area contributed by atoms with Gasteiger partial charge in [0.25, 0.3) is 0 Å². The molecule has 1 amide bonds. The highest BCUT2D eigenvalue weighted by molar-refractivity contribution is 7.08. The quantitative estimate of drug-likeness (QED) is 0.636. The summed E-state index contributed by atoms with van der Waals surface area (Å²) in [4.78, 5) is 21.2. The number of aromatic nitrogens is 2. The average Bonchev–Trinajstić information content (AvgIpc) is 3.40. The SMILES string of the molecule is COc1cccc(CC(=O)N2CCN(Cc3nc(-c4ccsc4)no3)CC2)c1. The summed E-state index contributed by atoms with van der Waals surface area (Å²) in [5.41, 5.74) is 1.95. The van der Waals surface area contributed by atoms with E-state index in [2.05, 4.69) is 15.0 Å². The summed E-state index contributed by atoms with van der Waals surface area (Å²) in [7, 11) is 1.63. The minimum atomic E-state index is 0.144. The molecule has 3 aromatic rings. The van der Waals surface area contributed by atoms with E-state index in [1.807, 2.05) is 46.0 Å². The fourth-order valence-electron chi connectivity index (χ4n) is 3.24. The summed E-state index contributed by atoms with van der Waals surface area (Å²) >= 11 is 1.61. The zero-order chi connectivity index (χ0) is 19.3. The van der Waals surface area contributed by atoms with Crippen molar-refractivity contribution >= 4 is 17.2 Å². The van der Waals surface area contributed by atoms with Crippen molar-refractivity contribution in [1.29, 1.82) is 0 Å². The van der Waals surface area contributed by atoms with E-state index in [1.54, 1.807) is 18.4 Å². The van der Waals surface area contributed by atoms with Gasteiger partial charge in [-0.25, -0.2) is 0 Å². The summed E-state index contributed by atoms with van der Waals surface area (Å²) in [5.74, 6) is 2.16. The molecule has 0 bridgehead atoms. The number of thiophene rings is 1. The first-order chi connectivity index (χ1) is 13.7. The Hall–Kier alpha value is -2.71. The Kier molecular flexibility index (Phi) is 5.68. The topological polar surface area (TPSA) is 71.7 Å². The molecule has 146 valence electrons. The second-order valence-electron chi connectivity index (χ2n) is 6.71. The van der Waals surface area contributed by atoms with Crippen molar-refractivity contribution in [3.05, 3.63) is 52.5 Å². The second-order valence-corrected chi connectivity index (χ2v) is 7.49. The number of nitrogens with zero attached hydrogens (tertiary/aromatic N) is 4. The maximum Gasteiger partial charge on any atom is 0.241 e. The number of benzene rings is 1. The Morgan fingerprint density at radius 1 is 1.25 bits per heavy atom. The third-order valence-electron chi connectivity index (χ3n) is 4.82. The van der Waals surface area contributed by atoms with Gasteiger partial charge in [-0.1, -0.05) is 17.3 Å². The molecule has 0 radical (unpaired) electrons. The molecule has 0 saturated carbocycles. The lowest BCUT2D eigenvalue weighted by molar-refractivity contribution is -0.132. The molecule has 3 heterocycles. The molecule has 2 aromatic heterocycles. The Labute approximate surface area is 167 Å². The fraction of sp³-hybridized carbons (Fsp3) is 0.350.